The predicted octanol–water partition coefficient (Wildman–Crippen LogP) is 3.16. The molecule has 0 atom stereocenters. The number of esters is 1. The number of carbonyl (C=O) groups excluding carboxylic acids is 1. The summed E-state index contributed by atoms with van der Waals surface area (Å²) in [4.78, 5) is 23.6. The number of nitrogens with zero attached hydrogens (tertiary/aromatic N) is 1. The predicted molar refractivity (Wildman–Crippen MR) is 93.1 cm³/mol. The van der Waals surface area contributed by atoms with E-state index in [9.17, 15) is 9.59 Å². The lowest BCUT2D eigenvalue weighted by atomic mass is 10.2. The second-order valence-corrected chi connectivity index (χ2v) is 5.71. The number of aromatic nitrogens is 1. The van der Waals surface area contributed by atoms with Gasteiger partial charge in [-0.2, -0.15) is 0 Å². The molecule has 25 heavy (non-hydrogen) atoms. The third-order valence-electron chi connectivity index (χ3n) is 3.87. The third kappa shape index (κ3) is 3.74. The number of ether oxygens (including phenoxy) is 2. The van der Waals surface area contributed by atoms with Crippen LogP contribution in [0.25, 0.3) is 11.1 Å². The zero-order valence-electron chi connectivity index (χ0n) is 14.2. The molecular formula is C19H19NO5. The van der Waals surface area contributed by atoms with Crippen molar-refractivity contribution in [1.82, 2.24) is 4.57 Å². The summed E-state index contributed by atoms with van der Waals surface area (Å²) >= 11 is 0. The fourth-order valence-corrected chi connectivity index (χ4v) is 2.64. The molecule has 0 radical (unpaired) electrons. The van der Waals surface area contributed by atoms with Crippen LogP contribution in [-0.4, -0.2) is 24.3 Å². The number of hydrogen-bond acceptors (Lipinski definition) is 5. The van der Waals surface area contributed by atoms with E-state index in [1.165, 1.54) is 17.7 Å². The Kier molecular flexibility index (Phi) is 4.88. The highest BCUT2D eigenvalue weighted by atomic mass is 16.5. The van der Waals surface area contributed by atoms with Crippen molar-refractivity contribution in [2.75, 3.05) is 13.7 Å². The van der Waals surface area contributed by atoms with Gasteiger partial charge in [-0.3, -0.25) is 4.57 Å². The fourth-order valence-electron chi connectivity index (χ4n) is 2.64. The van der Waals surface area contributed by atoms with E-state index in [-0.39, 0.29) is 0 Å². The maximum absolute atomic E-state index is 12.0. The van der Waals surface area contributed by atoms with E-state index in [0.717, 1.165) is 11.3 Å². The Morgan fingerprint density at radius 1 is 1.20 bits per heavy atom. The highest BCUT2D eigenvalue weighted by Crippen LogP contribution is 2.17. The minimum Gasteiger partial charge on any atom is -0.494 e. The summed E-state index contributed by atoms with van der Waals surface area (Å²) in [5.41, 5.74) is 2.50. The molecule has 0 fully saturated rings. The molecule has 0 saturated heterocycles. The Morgan fingerprint density at radius 3 is 2.80 bits per heavy atom. The van der Waals surface area contributed by atoms with Crippen LogP contribution in [0.4, 0.5) is 0 Å². The largest absolute Gasteiger partial charge is 0.494 e. The second kappa shape index (κ2) is 7.25. The summed E-state index contributed by atoms with van der Waals surface area (Å²) in [6.45, 7) is 2.96. The van der Waals surface area contributed by atoms with E-state index in [1.54, 1.807) is 12.1 Å². The van der Waals surface area contributed by atoms with Crippen LogP contribution >= 0.6 is 0 Å². The summed E-state index contributed by atoms with van der Waals surface area (Å²) in [7, 11) is 1.31. The smallest absolute Gasteiger partial charge is 0.419 e. The summed E-state index contributed by atoms with van der Waals surface area (Å²) in [6.07, 6.45) is 0.654. The van der Waals surface area contributed by atoms with Gasteiger partial charge >= 0.3 is 11.7 Å². The van der Waals surface area contributed by atoms with Gasteiger partial charge in [0, 0.05) is 6.54 Å². The molecule has 130 valence electrons. The summed E-state index contributed by atoms with van der Waals surface area (Å²) in [5.74, 6) is -0.108. The van der Waals surface area contributed by atoms with Gasteiger partial charge in [0.25, 0.3) is 0 Å². The molecular weight excluding hydrogens is 322 g/mol. The molecule has 1 aromatic heterocycles. The van der Waals surface area contributed by atoms with Crippen molar-refractivity contribution in [1.29, 1.82) is 0 Å². The van der Waals surface area contributed by atoms with Gasteiger partial charge < -0.3 is 13.9 Å². The zero-order chi connectivity index (χ0) is 17.8. The van der Waals surface area contributed by atoms with E-state index in [2.05, 4.69) is 4.74 Å². The van der Waals surface area contributed by atoms with Gasteiger partial charge in [-0.15, -0.1) is 0 Å². The topological polar surface area (TPSA) is 70.7 Å². The Balaban J connectivity index is 1.68. The average molecular weight is 341 g/mol. The van der Waals surface area contributed by atoms with Gasteiger partial charge in [0.1, 0.15) is 5.75 Å². The molecule has 3 rings (SSSR count). The van der Waals surface area contributed by atoms with Crippen molar-refractivity contribution in [3.05, 3.63) is 64.1 Å². The van der Waals surface area contributed by atoms with E-state index in [4.69, 9.17) is 9.15 Å². The number of aryl methyl sites for hydroxylation is 2. The van der Waals surface area contributed by atoms with Crippen molar-refractivity contribution in [3.8, 4) is 5.75 Å². The van der Waals surface area contributed by atoms with Crippen LogP contribution < -0.4 is 10.5 Å². The number of fused-ring (bicyclic) bond motifs is 1. The van der Waals surface area contributed by atoms with Crippen molar-refractivity contribution >= 4 is 17.1 Å². The molecule has 6 nitrogen and oxygen atoms in total. The van der Waals surface area contributed by atoms with Crippen molar-refractivity contribution in [2.45, 2.75) is 19.9 Å². The van der Waals surface area contributed by atoms with Crippen LogP contribution in [0.3, 0.4) is 0 Å². The molecule has 0 spiro atoms. The molecule has 1 heterocycles. The Bertz CT molecular complexity index is 954. The molecule has 0 aliphatic rings. The van der Waals surface area contributed by atoms with Crippen LogP contribution in [-0.2, 0) is 11.3 Å². The van der Waals surface area contributed by atoms with Gasteiger partial charge in [-0.25, -0.2) is 9.59 Å². The van der Waals surface area contributed by atoms with Gasteiger partial charge in [-0.1, -0.05) is 12.1 Å². The third-order valence-corrected chi connectivity index (χ3v) is 3.87. The summed E-state index contributed by atoms with van der Waals surface area (Å²) < 4.78 is 17.1. The van der Waals surface area contributed by atoms with Crippen LogP contribution in [0.5, 0.6) is 5.75 Å². The van der Waals surface area contributed by atoms with E-state index < -0.39 is 11.7 Å². The fraction of sp³-hybridized carbons (Fsp3) is 0.263. The monoisotopic (exact) mass is 341 g/mol. The lowest BCUT2D eigenvalue weighted by Gasteiger charge is -2.07. The first kappa shape index (κ1) is 16.8. The van der Waals surface area contributed by atoms with Crippen LogP contribution in [0.2, 0.25) is 0 Å². The quantitative estimate of drug-likeness (QED) is 0.509. The molecule has 6 heteroatoms. The van der Waals surface area contributed by atoms with E-state index >= 15 is 0 Å². The Labute approximate surface area is 144 Å². The summed E-state index contributed by atoms with van der Waals surface area (Å²) in [5, 5.41) is 0. The van der Waals surface area contributed by atoms with Crippen LogP contribution in [0.15, 0.2) is 51.7 Å². The molecule has 2 aromatic carbocycles. The number of rotatable bonds is 6. The highest BCUT2D eigenvalue weighted by molar-refractivity contribution is 5.93. The number of hydrogen-bond donors (Lipinski definition) is 0. The minimum absolute atomic E-state index is 0.346. The number of benzene rings is 2. The first-order valence-corrected chi connectivity index (χ1v) is 7.99. The molecule has 0 aliphatic carbocycles. The van der Waals surface area contributed by atoms with Gasteiger partial charge in [0.2, 0.25) is 0 Å². The molecule has 0 unspecified atom stereocenters. The molecule has 0 bridgehead atoms. The molecule has 0 amide bonds. The van der Waals surface area contributed by atoms with E-state index in [0.29, 0.717) is 36.2 Å². The average Bonchev–Trinajstić information content (AvgIpc) is 2.92. The minimum atomic E-state index is -0.469. The maximum Gasteiger partial charge on any atom is 0.419 e. The standard InChI is InChI=1S/C19H19NO5/c1-13-5-3-6-15(11-13)24-10-4-9-20-16-8-7-14(18(21)23-2)12-17(16)25-19(20)22/h3,5-8,11-12H,4,9-10H2,1-2H3. The van der Waals surface area contributed by atoms with E-state index in [1.807, 2.05) is 31.2 Å². The first-order chi connectivity index (χ1) is 12.1. The van der Waals surface area contributed by atoms with Crippen LogP contribution in [0, 0.1) is 6.92 Å². The molecule has 3 aromatic rings. The van der Waals surface area contributed by atoms with Crippen molar-refractivity contribution in [3.63, 3.8) is 0 Å². The number of methoxy groups -OCH3 is 1. The molecule has 0 N–H and O–H groups in total. The zero-order valence-corrected chi connectivity index (χ0v) is 14.2. The second-order valence-electron chi connectivity index (χ2n) is 5.71. The van der Waals surface area contributed by atoms with Crippen molar-refractivity contribution < 1.29 is 18.7 Å². The number of carbonyl (C=O) groups is 1. The van der Waals surface area contributed by atoms with Gasteiger partial charge in [-0.05, 0) is 49.2 Å². The lowest BCUT2D eigenvalue weighted by Crippen LogP contribution is -2.15. The number of oxazole rings is 1. The normalized spacial score (nSPS) is 10.8. The SMILES string of the molecule is COC(=O)c1ccc2c(c1)oc(=O)n2CCCOc1cccc(C)c1. The highest BCUT2D eigenvalue weighted by Gasteiger charge is 2.13. The Hall–Kier alpha value is -3.02. The van der Waals surface area contributed by atoms with Gasteiger partial charge in [0.05, 0.1) is 24.8 Å². The molecule has 0 saturated carbocycles. The lowest BCUT2D eigenvalue weighted by molar-refractivity contribution is 0.0600. The van der Waals surface area contributed by atoms with Crippen molar-refractivity contribution in [2.24, 2.45) is 0 Å². The first-order valence-electron chi connectivity index (χ1n) is 7.99. The van der Waals surface area contributed by atoms with Gasteiger partial charge in [0.15, 0.2) is 5.58 Å². The summed E-state index contributed by atoms with van der Waals surface area (Å²) in [6, 6.07) is 12.6. The maximum atomic E-state index is 12.0. The molecule has 0 aliphatic heterocycles. The Morgan fingerprint density at radius 2 is 2.04 bits per heavy atom. The van der Waals surface area contributed by atoms with Crippen LogP contribution in [0.1, 0.15) is 22.3 Å².